The highest BCUT2D eigenvalue weighted by molar-refractivity contribution is 5.82. The number of nitrogen functional groups attached to an aromatic ring is 1. The lowest BCUT2D eigenvalue weighted by molar-refractivity contribution is -0.120. The Morgan fingerprint density at radius 2 is 2.06 bits per heavy atom. The predicted molar refractivity (Wildman–Crippen MR) is 73.4 cm³/mol. The van der Waals surface area contributed by atoms with E-state index in [4.69, 9.17) is 5.73 Å². The zero-order valence-corrected chi connectivity index (χ0v) is 11.8. The van der Waals surface area contributed by atoms with Crippen LogP contribution in [0.3, 0.4) is 0 Å². The van der Waals surface area contributed by atoms with Crippen LogP contribution in [0.4, 0.5) is 11.5 Å². The predicted octanol–water partition coefficient (Wildman–Crippen LogP) is 1.12. The summed E-state index contributed by atoms with van der Waals surface area (Å²) in [5, 5.41) is 10.2. The molecule has 18 heavy (non-hydrogen) atoms. The molecule has 102 valence electrons. The standard InChI is InChI=1S/C12H23N5O/c1-6-17-11(10(13)8(2)16-17)14-7-9(18)15-12(3,4)5/h14H,6-7,13H2,1-5H3,(H,15,18). The van der Waals surface area contributed by atoms with Crippen LogP contribution in [-0.4, -0.2) is 27.8 Å². The molecule has 0 aromatic carbocycles. The molecule has 1 amide bonds. The maximum absolute atomic E-state index is 11.7. The highest BCUT2D eigenvalue weighted by Crippen LogP contribution is 2.21. The summed E-state index contributed by atoms with van der Waals surface area (Å²) in [6.07, 6.45) is 0. The fourth-order valence-electron chi connectivity index (χ4n) is 1.64. The van der Waals surface area contributed by atoms with Gasteiger partial charge in [0.2, 0.25) is 5.91 Å². The molecule has 6 heteroatoms. The Hall–Kier alpha value is -1.72. The highest BCUT2D eigenvalue weighted by atomic mass is 16.2. The Balaban J connectivity index is 2.66. The van der Waals surface area contributed by atoms with Gasteiger partial charge in [-0.15, -0.1) is 0 Å². The first kappa shape index (κ1) is 14.3. The largest absolute Gasteiger partial charge is 0.394 e. The zero-order chi connectivity index (χ0) is 13.9. The number of hydrogen-bond donors (Lipinski definition) is 3. The second kappa shape index (κ2) is 5.29. The van der Waals surface area contributed by atoms with Gasteiger partial charge >= 0.3 is 0 Å². The fourth-order valence-corrected chi connectivity index (χ4v) is 1.64. The van der Waals surface area contributed by atoms with Crippen molar-refractivity contribution in [1.29, 1.82) is 0 Å². The molecule has 0 atom stereocenters. The summed E-state index contributed by atoms with van der Waals surface area (Å²) in [4.78, 5) is 11.7. The average Bonchev–Trinajstić information content (AvgIpc) is 2.50. The average molecular weight is 253 g/mol. The number of carbonyl (C=O) groups is 1. The van der Waals surface area contributed by atoms with Crippen molar-refractivity contribution in [2.24, 2.45) is 0 Å². The van der Waals surface area contributed by atoms with Crippen molar-refractivity contribution in [3.63, 3.8) is 0 Å². The van der Waals surface area contributed by atoms with Crippen molar-refractivity contribution >= 4 is 17.4 Å². The molecule has 0 aliphatic carbocycles. The van der Waals surface area contributed by atoms with Gasteiger partial charge in [0.1, 0.15) is 5.82 Å². The van der Waals surface area contributed by atoms with E-state index in [9.17, 15) is 4.79 Å². The number of carbonyl (C=O) groups excluding carboxylic acids is 1. The number of nitrogens with zero attached hydrogens (tertiary/aromatic N) is 2. The van der Waals surface area contributed by atoms with Gasteiger partial charge < -0.3 is 16.4 Å². The van der Waals surface area contributed by atoms with Crippen molar-refractivity contribution < 1.29 is 4.79 Å². The Bertz CT molecular complexity index is 430. The minimum atomic E-state index is -0.231. The molecule has 1 heterocycles. The van der Waals surface area contributed by atoms with Crippen molar-refractivity contribution in [3.8, 4) is 0 Å². The van der Waals surface area contributed by atoms with Crippen LogP contribution in [0.25, 0.3) is 0 Å². The molecule has 0 bridgehead atoms. The Kier molecular flexibility index (Phi) is 4.21. The van der Waals surface area contributed by atoms with Gasteiger partial charge in [-0.2, -0.15) is 5.10 Å². The van der Waals surface area contributed by atoms with Crippen molar-refractivity contribution in [2.45, 2.75) is 46.7 Å². The number of rotatable bonds is 4. The summed E-state index contributed by atoms with van der Waals surface area (Å²) in [6, 6.07) is 0. The second-order valence-electron chi connectivity index (χ2n) is 5.32. The summed E-state index contributed by atoms with van der Waals surface area (Å²) < 4.78 is 1.76. The number of anilines is 2. The quantitative estimate of drug-likeness (QED) is 0.750. The van der Waals surface area contributed by atoms with Crippen LogP contribution >= 0.6 is 0 Å². The maximum Gasteiger partial charge on any atom is 0.239 e. The van der Waals surface area contributed by atoms with Gasteiger partial charge in [0.25, 0.3) is 0 Å². The van der Waals surface area contributed by atoms with E-state index in [0.29, 0.717) is 18.1 Å². The first-order valence-corrected chi connectivity index (χ1v) is 6.12. The van der Waals surface area contributed by atoms with E-state index in [1.807, 2.05) is 34.6 Å². The third-order valence-corrected chi connectivity index (χ3v) is 2.40. The van der Waals surface area contributed by atoms with E-state index in [-0.39, 0.29) is 18.0 Å². The summed E-state index contributed by atoms with van der Waals surface area (Å²) in [6.45, 7) is 10.6. The molecule has 1 aromatic heterocycles. The van der Waals surface area contributed by atoms with Crippen molar-refractivity contribution in [3.05, 3.63) is 5.69 Å². The van der Waals surface area contributed by atoms with E-state index >= 15 is 0 Å². The number of aryl methyl sites for hydroxylation is 2. The number of aromatic nitrogens is 2. The Morgan fingerprint density at radius 1 is 1.44 bits per heavy atom. The van der Waals surface area contributed by atoms with E-state index in [1.165, 1.54) is 0 Å². The van der Waals surface area contributed by atoms with Gasteiger partial charge in [0, 0.05) is 12.1 Å². The number of nitrogens with one attached hydrogen (secondary N) is 2. The smallest absolute Gasteiger partial charge is 0.239 e. The van der Waals surface area contributed by atoms with Crippen molar-refractivity contribution in [1.82, 2.24) is 15.1 Å². The molecule has 0 unspecified atom stereocenters. The van der Waals surface area contributed by atoms with Gasteiger partial charge in [0.05, 0.1) is 17.9 Å². The molecule has 0 radical (unpaired) electrons. The van der Waals surface area contributed by atoms with Gasteiger partial charge in [-0.25, -0.2) is 4.68 Å². The van der Waals surface area contributed by atoms with Gasteiger partial charge in [-0.1, -0.05) is 0 Å². The van der Waals surface area contributed by atoms with Crippen LogP contribution < -0.4 is 16.4 Å². The number of hydrogen-bond acceptors (Lipinski definition) is 4. The van der Waals surface area contributed by atoms with Crippen molar-refractivity contribution in [2.75, 3.05) is 17.6 Å². The van der Waals surface area contributed by atoms with Crippen LogP contribution in [0.15, 0.2) is 0 Å². The minimum absolute atomic E-state index is 0.0663. The van der Waals surface area contributed by atoms with Crippen LogP contribution in [0, 0.1) is 6.92 Å². The van der Waals surface area contributed by atoms with Gasteiger partial charge in [-0.3, -0.25) is 4.79 Å². The lowest BCUT2D eigenvalue weighted by Crippen LogP contribution is -2.43. The first-order chi connectivity index (χ1) is 8.24. The van der Waals surface area contributed by atoms with Crippen LogP contribution in [0.2, 0.25) is 0 Å². The van der Waals surface area contributed by atoms with Crippen LogP contribution in [0.1, 0.15) is 33.4 Å². The summed E-state index contributed by atoms with van der Waals surface area (Å²) in [5.74, 6) is 0.641. The fraction of sp³-hybridized carbons (Fsp3) is 0.667. The SMILES string of the molecule is CCn1nc(C)c(N)c1NCC(=O)NC(C)(C)C. The highest BCUT2D eigenvalue weighted by Gasteiger charge is 2.15. The normalized spacial score (nSPS) is 11.4. The zero-order valence-electron chi connectivity index (χ0n) is 11.8. The number of amides is 1. The summed E-state index contributed by atoms with van der Waals surface area (Å²) >= 11 is 0. The van der Waals surface area contributed by atoms with Crippen LogP contribution in [0.5, 0.6) is 0 Å². The molecule has 4 N–H and O–H groups in total. The van der Waals surface area contributed by atoms with Gasteiger partial charge in [-0.05, 0) is 34.6 Å². The second-order valence-corrected chi connectivity index (χ2v) is 5.32. The van der Waals surface area contributed by atoms with E-state index in [2.05, 4.69) is 15.7 Å². The molecule has 0 aliphatic heterocycles. The summed E-state index contributed by atoms with van der Waals surface area (Å²) in [5.41, 5.74) is 7.06. The molecule has 1 aromatic rings. The van der Waals surface area contributed by atoms with Crippen LogP contribution in [-0.2, 0) is 11.3 Å². The molecule has 0 fully saturated rings. The van der Waals surface area contributed by atoms with E-state index < -0.39 is 0 Å². The maximum atomic E-state index is 11.7. The molecule has 1 rings (SSSR count). The first-order valence-electron chi connectivity index (χ1n) is 6.12. The summed E-state index contributed by atoms with van der Waals surface area (Å²) in [7, 11) is 0. The van der Waals surface area contributed by atoms with E-state index in [0.717, 1.165) is 5.69 Å². The lowest BCUT2D eigenvalue weighted by Gasteiger charge is -2.20. The molecule has 0 aliphatic rings. The monoisotopic (exact) mass is 253 g/mol. The topological polar surface area (TPSA) is 85.0 Å². The molecule has 0 saturated heterocycles. The lowest BCUT2D eigenvalue weighted by atomic mass is 10.1. The minimum Gasteiger partial charge on any atom is -0.394 e. The van der Waals surface area contributed by atoms with Gasteiger partial charge in [0.15, 0.2) is 0 Å². The molecule has 6 nitrogen and oxygen atoms in total. The molecular formula is C12H23N5O. The Labute approximate surface area is 108 Å². The third kappa shape index (κ3) is 3.65. The molecule has 0 spiro atoms. The molecule has 0 saturated carbocycles. The third-order valence-electron chi connectivity index (χ3n) is 2.40. The number of nitrogens with two attached hydrogens (primary N) is 1. The molecular weight excluding hydrogens is 230 g/mol. The van der Waals surface area contributed by atoms with E-state index in [1.54, 1.807) is 4.68 Å². The Morgan fingerprint density at radius 3 is 2.56 bits per heavy atom.